The van der Waals surface area contributed by atoms with Crippen molar-refractivity contribution >= 4 is 5.96 Å². The van der Waals surface area contributed by atoms with E-state index in [-0.39, 0.29) is 5.92 Å². The minimum Gasteiger partial charge on any atom is -0.370 e. The summed E-state index contributed by atoms with van der Waals surface area (Å²) in [4.78, 5) is 10.9. The lowest BCUT2D eigenvalue weighted by molar-refractivity contribution is 0.372. The molecule has 0 spiro atoms. The van der Waals surface area contributed by atoms with Crippen molar-refractivity contribution < 1.29 is 4.52 Å². The van der Waals surface area contributed by atoms with Crippen LogP contribution in [0.4, 0.5) is 0 Å². The molecule has 0 aromatic carbocycles. The number of aliphatic imine (C=N–C) groups is 1. The highest BCUT2D eigenvalue weighted by molar-refractivity contribution is 5.78. The van der Waals surface area contributed by atoms with E-state index in [2.05, 4.69) is 20.0 Å². The average molecular weight is 279 g/mol. The molecule has 1 saturated heterocycles. The van der Waals surface area contributed by atoms with Crippen LogP contribution >= 0.6 is 0 Å². The summed E-state index contributed by atoms with van der Waals surface area (Å²) in [5, 5.41) is 3.94. The van der Waals surface area contributed by atoms with E-state index >= 15 is 0 Å². The van der Waals surface area contributed by atoms with Crippen LogP contribution in [-0.4, -0.2) is 40.6 Å². The summed E-state index contributed by atoms with van der Waals surface area (Å²) in [6.07, 6.45) is 5.65. The second-order valence-corrected chi connectivity index (χ2v) is 5.59. The number of likely N-dealkylation sites (tertiary alicyclic amines) is 1. The third kappa shape index (κ3) is 4.21. The molecule has 112 valence electrons. The largest absolute Gasteiger partial charge is 0.370 e. The number of hydrogen-bond acceptors (Lipinski definition) is 4. The number of nitrogens with zero attached hydrogens (tertiary/aromatic N) is 4. The van der Waals surface area contributed by atoms with Crippen molar-refractivity contribution in [3.63, 3.8) is 0 Å². The minimum absolute atomic E-state index is 0.290. The molecule has 1 aromatic rings. The Labute approximate surface area is 120 Å². The van der Waals surface area contributed by atoms with Gasteiger partial charge >= 0.3 is 0 Å². The molecule has 0 unspecified atom stereocenters. The zero-order valence-electron chi connectivity index (χ0n) is 12.5. The summed E-state index contributed by atoms with van der Waals surface area (Å²) in [5.41, 5.74) is 6.04. The van der Waals surface area contributed by atoms with E-state index in [4.69, 9.17) is 10.3 Å². The molecule has 6 heteroatoms. The van der Waals surface area contributed by atoms with Crippen LogP contribution in [0.5, 0.6) is 0 Å². The van der Waals surface area contributed by atoms with E-state index in [9.17, 15) is 0 Å². The Morgan fingerprint density at radius 1 is 1.30 bits per heavy atom. The number of rotatable bonds is 4. The van der Waals surface area contributed by atoms with Gasteiger partial charge in [-0.3, -0.25) is 4.99 Å². The highest BCUT2D eigenvalue weighted by atomic mass is 16.5. The average Bonchev–Trinajstić information content (AvgIpc) is 2.73. The second kappa shape index (κ2) is 7.26. The van der Waals surface area contributed by atoms with E-state index in [0.29, 0.717) is 24.8 Å². The van der Waals surface area contributed by atoms with Crippen LogP contribution in [0.25, 0.3) is 0 Å². The zero-order chi connectivity index (χ0) is 14.4. The Hall–Kier alpha value is -1.59. The van der Waals surface area contributed by atoms with Crippen molar-refractivity contribution in [2.24, 2.45) is 10.7 Å². The van der Waals surface area contributed by atoms with Gasteiger partial charge in [0.2, 0.25) is 5.89 Å². The summed E-state index contributed by atoms with van der Waals surface area (Å²) in [5.74, 6) is 2.33. The van der Waals surface area contributed by atoms with Crippen LogP contribution in [0.15, 0.2) is 9.52 Å². The van der Waals surface area contributed by atoms with E-state index in [1.54, 1.807) is 0 Å². The lowest BCUT2D eigenvalue weighted by Crippen LogP contribution is -2.38. The number of nitrogens with two attached hydrogens (primary N) is 1. The molecule has 1 aliphatic rings. The van der Waals surface area contributed by atoms with Crippen molar-refractivity contribution in [1.29, 1.82) is 0 Å². The molecule has 0 atom stereocenters. The maximum Gasteiger partial charge on any atom is 0.228 e. The normalized spacial score (nSPS) is 17.6. The van der Waals surface area contributed by atoms with E-state index < -0.39 is 0 Å². The first-order chi connectivity index (χ1) is 9.66. The van der Waals surface area contributed by atoms with Crippen molar-refractivity contribution in [3.05, 3.63) is 11.7 Å². The fourth-order valence-corrected chi connectivity index (χ4v) is 2.27. The van der Waals surface area contributed by atoms with Gasteiger partial charge in [0.15, 0.2) is 11.8 Å². The molecule has 2 N–H and O–H groups in total. The molecule has 0 amide bonds. The highest BCUT2D eigenvalue weighted by Gasteiger charge is 2.12. The van der Waals surface area contributed by atoms with Gasteiger partial charge in [0.25, 0.3) is 0 Å². The number of aromatic nitrogens is 2. The Morgan fingerprint density at radius 3 is 2.60 bits per heavy atom. The number of hydrogen-bond donors (Lipinski definition) is 1. The minimum atomic E-state index is 0.290. The van der Waals surface area contributed by atoms with Crippen molar-refractivity contribution in [2.45, 2.75) is 51.9 Å². The first-order valence-electron chi connectivity index (χ1n) is 7.54. The molecule has 0 aliphatic carbocycles. The molecule has 0 bridgehead atoms. The molecule has 1 fully saturated rings. The monoisotopic (exact) mass is 279 g/mol. The molecule has 1 aliphatic heterocycles. The van der Waals surface area contributed by atoms with Gasteiger partial charge in [0.05, 0.1) is 6.54 Å². The van der Waals surface area contributed by atoms with Gasteiger partial charge in [-0.2, -0.15) is 4.98 Å². The van der Waals surface area contributed by atoms with Crippen LogP contribution < -0.4 is 5.73 Å². The first-order valence-corrected chi connectivity index (χ1v) is 7.54. The Morgan fingerprint density at radius 2 is 2.00 bits per heavy atom. The maximum atomic E-state index is 6.04. The summed E-state index contributed by atoms with van der Waals surface area (Å²) in [6, 6.07) is 0. The van der Waals surface area contributed by atoms with E-state index in [1.807, 2.05) is 13.8 Å². The van der Waals surface area contributed by atoms with Crippen LogP contribution in [-0.2, 0) is 6.42 Å². The van der Waals surface area contributed by atoms with Gasteiger partial charge < -0.3 is 15.2 Å². The fraction of sp³-hybridized carbons (Fsp3) is 0.786. The Balaban J connectivity index is 1.81. The van der Waals surface area contributed by atoms with Crippen LogP contribution in [0.1, 0.15) is 57.2 Å². The third-order valence-electron chi connectivity index (χ3n) is 3.53. The lowest BCUT2D eigenvalue weighted by atomic mass is 10.2. The SMILES string of the molecule is CC(C)c1noc(CCN=C(N)N2CCCCCC2)n1. The number of guanidine groups is 1. The Bertz CT molecular complexity index is 433. The van der Waals surface area contributed by atoms with E-state index in [1.165, 1.54) is 25.7 Å². The molecule has 2 heterocycles. The molecule has 6 nitrogen and oxygen atoms in total. The van der Waals surface area contributed by atoms with Gasteiger partial charge in [0, 0.05) is 25.4 Å². The predicted octanol–water partition coefficient (Wildman–Crippen LogP) is 1.93. The molecular weight excluding hydrogens is 254 g/mol. The van der Waals surface area contributed by atoms with Gasteiger partial charge in [-0.1, -0.05) is 31.8 Å². The summed E-state index contributed by atoms with van der Waals surface area (Å²) >= 11 is 0. The van der Waals surface area contributed by atoms with Gasteiger partial charge in [-0.15, -0.1) is 0 Å². The highest BCUT2D eigenvalue weighted by Crippen LogP contribution is 2.11. The van der Waals surface area contributed by atoms with Crippen molar-refractivity contribution in [1.82, 2.24) is 15.0 Å². The smallest absolute Gasteiger partial charge is 0.228 e. The Kier molecular flexibility index (Phi) is 5.38. The molecular formula is C14H25N5O. The first kappa shape index (κ1) is 14.8. The summed E-state index contributed by atoms with van der Waals surface area (Å²) < 4.78 is 5.19. The molecule has 2 rings (SSSR count). The topological polar surface area (TPSA) is 80.5 Å². The van der Waals surface area contributed by atoms with Gasteiger partial charge in [-0.25, -0.2) is 0 Å². The van der Waals surface area contributed by atoms with Crippen LogP contribution in [0.2, 0.25) is 0 Å². The zero-order valence-corrected chi connectivity index (χ0v) is 12.5. The van der Waals surface area contributed by atoms with Gasteiger partial charge in [-0.05, 0) is 12.8 Å². The maximum absolute atomic E-state index is 6.04. The molecule has 0 saturated carbocycles. The molecule has 0 radical (unpaired) electrons. The standard InChI is InChI=1S/C14H25N5O/c1-11(2)13-17-12(20-18-13)7-8-16-14(15)19-9-5-3-4-6-10-19/h11H,3-10H2,1-2H3,(H2,15,16). The quantitative estimate of drug-likeness (QED) is 0.673. The van der Waals surface area contributed by atoms with Crippen molar-refractivity contribution in [3.8, 4) is 0 Å². The third-order valence-corrected chi connectivity index (χ3v) is 3.53. The van der Waals surface area contributed by atoms with Crippen molar-refractivity contribution in [2.75, 3.05) is 19.6 Å². The van der Waals surface area contributed by atoms with Crippen LogP contribution in [0, 0.1) is 0 Å². The molecule has 20 heavy (non-hydrogen) atoms. The summed E-state index contributed by atoms with van der Waals surface area (Å²) in [6.45, 7) is 6.73. The molecule has 1 aromatic heterocycles. The summed E-state index contributed by atoms with van der Waals surface area (Å²) in [7, 11) is 0. The lowest BCUT2D eigenvalue weighted by Gasteiger charge is -2.20. The van der Waals surface area contributed by atoms with Gasteiger partial charge in [0.1, 0.15) is 0 Å². The van der Waals surface area contributed by atoms with E-state index in [0.717, 1.165) is 18.9 Å². The predicted molar refractivity (Wildman–Crippen MR) is 78.6 cm³/mol. The fourth-order valence-electron chi connectivity index (χ4n) is 2.27. The van der Waals surface area contributed by atoms with Crippen LogP contribution in [0.3, 0.4) is 0 Å². The second-order valence-electron chi connectivity index (χ2n) is 5.59.